The third kappa shape index (κ3) is 2.70. The first kappa shape index (κ1) is 11.8. The summed E-state index contributed by atoms with van der Waals surface area (Å²) in [6.07, 6.45) is 1.06. The second-order valence-electron chi connectivity index (χ2n) is 4.29. The molecule has 1 amide bonds. The van der Waals surface area contributed by atoms with Crippen molar-refractivity contribution in [2.45, 2.75) is 20.3 Å². The summed E-state index contributed by atoms with van der Waals surface area (Å²) in [7, 11) is 0. The van der Waals surface area contributed by atoms with E-state index in [1.807, 2.05) is 0 Å². The molecule has 4 nitrogen and oxygen atoms in total. The quantitative estimate of drug-likeness (QED) is 0.870. The number of amides is 1. The van der Waals surface area contributed by atoms with Crippen molar-refractivity contribution in [2.75, 3.05) is 13.3 Å². The van der Waals surface area contributed by atoms with Crippen LogP contribution in [0.4, 0.5) is 0 Å². The monoisotopic (exact) mass is 235 g/mol. The number of hydrogen-bond donors (Lipinski definition) is 1. The van der Waals surface area contributed by atoms with E-state index in [4.69, 9.17) is 9.47 Å². The van der Waals surface area contributed by atoms with Gasteiger partial charge in [-0.15, -0.1) is 0 Å². The van der Waals surface area contributed by atoms with E-state index < -0.39 is 0 Å². The summed E-state index contributed by atoms with van der Waals surface area (Å²) in [5, 5.41) is 2.91. The zero-order valence-corrected chi connectivity index (χ0v) is 10.2. The van der Waals surface area contributed by atoms with Crippen molar-refractivity contribution in [1.29, 1.82) is 0 Å². The van der Waals surface area contributed by atoms with Gasteiger partial charge in [-0.3, -0.25) is 4.79 Å². The molecule has 0 radical (unpaired) electrons. The minimum atomic E-state index is -0.0661. The van der Waals surface area contributed by atoms with E-state index in [0.29, 0.717) is 29.5 Å². The number of carbonyl (C=O) groups excluding carboxylic acids is 1. The molecule has 0 fully saturated rings. The van der Waals surface area contributed by atoms with Crippen LogP contribution in [0, 0.1) is 5.92 Å². The van der Waals surface area contributed by atoms with E-state index in [-0.39, 0.29) is 12.7 Å². The maximum atomic E-state index is 11.9. The molecular weight excluding hydrogens is 218 g/mol. The second-order valence-corrected chi connectivity index (χ2v) is 4.29. The predicted molar refractivity (Wildman–Crippen MR) is 64.4 cm³/mol. The highest BCUT2D eigenvalue weighted by Crippen LogP contribution is 2.32. The van der Waals surface area contributed by atoms with E-state index >= 15 is 0 Å². The number of benzene rings is 1. The highest BCUT2D eigenvalue weighted by molar-refractivity contribution is 5.94. The fraction of sp³-hybridized carbons (Fsp3) is 0.462. The van der Waals surface area contributed by atoms with Gasteiger partial charge in [-0.2, -0.15) is 0 Å². The minimum absolute atomic E-state index is 0.0661. The Bertz CT molecular complexity index is 417. The van der Waals surface area contributed by atoms with Crippen molar-refractivity contribution in [1.82, 2.24) is 5.32 Å². The number of fused-ring (bicyclic) bond motifs is 1. The largest absolute Gasteiger partial charge is 0.454 e. The molecule has 0 aromatic heterocycles. The third-order valence-electron chi connectivity index (χ3n) is 2.94. The Hall–Kier alpha value is -1.71. The Morgan fingerprint density at radius 2 is 2.18 bits per heavy atom. The second kappa shape index (κ2) is 5.08. The summed E-state index contributed by atoms with van der Waals surface area (Å²) in [6, 6.07) is 5.23. The molecule has 0 spiro atoms. The van der Waals surface area contributed by atoms with Gasteiger partial charge in [0, 0.05) is 12.1 Å². The lowest BCUT2D eigenvalue weighted by Gasteiger charge is -2.10. The van der Waals surface area contributed by atoms with Gasteiger partial charge in [0.1, 0.15) is 0 Å². The zero-order chi connectivity index (χ0) is 12.3. The van der Waals surface area contributed by atoms with Crippen LogP contribution in [0.5, 0.6) is 11.5 Å². The standard InChI is InChI=1S/C13H17NO3/c1-3-9(2)7-14-13(15)10-4-5-11-12(6-10)17-8-16-11/h4-6,9H,3,7-8H2,1-2H3,(H,14,15). The summed E-state index contributed by atoms with van der Waals surface area (Å²) < 4.78 is 10.4. The Labute approximate surface area is 101 Å². The molecule has 0 bridgehead atoms. The summed E-state index contributed by atoms with van der Waals surface area (Å²) >= 11 is 0. The lowest BCUT2D eigenvalue weighted by atomic mass is 10.1. The van der Waals surface area contributed by atoms with Crippen molar-refractivity contribution in [2.24, 2.45) is 5.92 Å². The fourth-order valence-electron chi connectivity index (χ4n) is 1.55. The van der Waals surface area contributed by atoms with Gasteiger partial charge in [0.05, 0.1) is 0 Å². The van der Waals surface area contributed by atoms with Crippen molar-refractivity contribution in [3.63, 3.8) is 0 Å². The van der Waals surface area contributed by atoms with E-state index in [1.54, 1.807) is 18.2 Å². The molecule has 0 saturated heterocycles. The van der Waals surface area contributed by atoms with Crippen molar-refractivity contribution >= 4 is 5.91 Å². The van der Waals surface area contributed by atoms with Crippen LogP contribution in [0.25, 0.3) is 0 Å². The summed E-state index contributed by atoms with van der Waals surface area (Å²) in [6.45, 7) is 5.15. The Kier molecular flexibility index (Phi) is 3.52. The van der Waals surface area contributed by atoms with Crippen LogP contribution < -0.4 is 14.8 Å². The van der Waals surface area contributed by atoms with Crippen LogP contribution in [0.1, 0.15) is 30.6 Å². The summed E-state index contributed by atoms with van der Waals surface area (Å²) in [4.78, 5) is 11.9. The van der Waals surface area contributed by atoms with Gasteiger partial charge in [0.15, 0.2) is 11.5 Å². The Morgan fingerprint density at radius 1 is 1.41 bits per heavy atom. The number of carbonyl (C=O) groups is 1. The fourth-order valence-corrected chi connectivity index (χ4v) is 1.55. The molecule has 2 rings (SSSR count). The smallest absolute Gasteiger partial charge is 0.251 e. The van der Waals surface area contributed by atoms with Crippen molar-refractivity contribution in [3.8, 4) is 11.5 Å². The van der Waals surface area contributed by atoms with Crippen LogP contribution >= 0.6 is 0 Å². The van der Waals surface area contributed by atoms with Crippen molar-refractivity contribution < 1.29 is 14.3 Å². The van der Waals surface area contributed by atoms with E-state index in [9.17, 15) is 4.79 Å². The average molecular weight is 235 g/mol. The molecule has 92 valence electrons. The maximum Gasteiger partial charge on any atom is 0.251 e. The van der Waals surface area contributed by atoms with Gasteiger partial charge in [0.2, 0.25) is 6.79 Å². The van der Waals surface area contributed by atoms with Gasteiger partial charge in [-0.25, -0.2) is 0 Å². The van der Waals surface area contributed by atoms with Crippen LogP contribution in [-0.4, -0.2) is 19.2 Å². The van der Waals surface area contributed by atoms with Gasteiger partial charge in [0.25, 0.3) is 5.91 Å². The van der Waals surface area contributed by atoms with Gasteiger partial charge < -0.3 is 14.8 Å². The van der Waals surface area contributed by atoms with Gasteiger partial charge >= 0.3 is 0 Å². The summed E-state index contributed by atoms with van der Waals surface area (Å²) in [5.74, 6) is 1.77. The van der Waals surface area contributed by atoms with E-state index in [2.05, 4.69) is 19.2 Å². The molecule has 1 aromatic rings. The van der Waals surface area contributed by atoms with Gasteiger partial charge in [-0.05, 0) is 24.1 Å². The molecule has 1 aromatic carbocycles. The van der Waals surface area contributed by atoms with Crippen LogP contribution in [0.3, 0.4) is 0 Å². The molecule has 1 aliphatic heterocycles. The molecule has 1 unspecified atom stereocenters. The molecule has 4 heteroatoms. The first-order valence-electron chi connectivity index (χ1n) is 5.88. The lowest BCUT2D eigenvalue weighted by Crippen LogP contribution is -2.27. The first-order chi connectivity index (χ1) is 8.20. The van der Waals surface area contributed by atoms with Crippen LogP contribution in [-0.2, 0) is 0 Å². The number of ether oxygens (including phenoxy) is 2. The molecule has 1 N–H and O–H groups in total. The molecule has 1 atom stereocenters. The van der Waals surface area contributed by atoms with E-state index in [1.165, 1.54) is 0 Å². The van der Waals surface area contributed by atoms with Crippen molar-refractivity contribution in [3.05, 3.63) is 23.8 Å². The van der Waals surface area contributed by atoms with E-state index in [0.717, 1.165) is 6.42 Å². The normalized spacial score (nSPS) is 14.5. The number of hydrogen-bond acceptors (Lipinski definition) is 3. The predicted octanol–water partition coefficient (Wildman–Crippen LogP) is 2.19. The summed E-state index contributed by atoms with van der Waals surface area (Å²) in [5.41, 5.74) is 0.609. The minimum Gasteiger partial charge on any atom is -0.454 e. The topological polar surface area (TPSA) is 47.6 Å². The van der Waals surface area contributed by atoms with Gasteiger partial charge in [-0.1, -0.05) is 20.3 Å². The number of nitrogens with one attached hydrogen (secondary N) is 1. The molecule has 0 saturated carbocycles. The average Bonchev–Trinajstić information content (AvgIpc) is 2.82. The molecule has 0 aliphatic carbocycles. The first-order valence-corrected chi connectivity index (χ1v) is 5.88. The maximum absolute atomic E-state index is 11.9. The Morgan fingerprint density at radius 3 is 2.94 bits per heavy atom. The SMILES string of the molecule is CCC(C)CNC(=O)c1ccc2c(c1)OCO2. The lowest BCUT2D eigenvalue weighted by molar-refractivity contribution is 0.0947. The Balaban J connectivity index is 2.00. The molecule has 1 aliphatic rings. The van der Waals surface area contributed by atoms with Crippen LogP contribution in [0.2, 0.25) is 0 Å². The molecule has 17 heavy (non-hydrogen) atoms. The van der Waals surface area contributed by atoms with Crippen LogP contribution in [0.15, 0.2) is 18.2 Å². The zero-order valence-electron chi connectivity index (χ0n) is 10.2. The highest BCUT2D eigenvalue weighted by Gasteiger charge is 2.16. The third-order valence-corrected chi connectivity index (χ3v) is 2.94. The molecule has 1 heterocycles. The molecular formula is C13H17NO3. The number of rotatable bonds is 4. The highest BCUT2D eigenvalue weighted by atomic mass is 16.7.